The van der Waals surface area contributed by atoms with Crippen molar-refractivity contribution in [2.75, 3.05) is 6.54 Å². The Bertz CT molecular complexity index is 739. The molecule has 0 saturated carbocycles. The van der Waals surface area contributed by atoms with Crippen LogP contribution in [0.2, 0.25) is 0 Å². The predicted octanol–water partition coefficient (Wildman–Crippen LogP) is 3.29. The lowest BCUT2D eigenvalue weighted by Crippen LogP contribution is -2.39. The summed E-state index contributed by atoms with van der Waals surface area (Å²) in [5.41, 5.74) is 0.753. The van der Waals surface area contributed by atoms with Crippen molar-refractivity contribution in [3.63, 3.8) is 0 Å². The van der Waals surface area contributed by atoms with E-state index in [4.69, 9.17) is 4.52 Å². The lowest BCUT2D eigenvalue weighted by Gasteiger charge is -2.29. The number of pyridine rings is 1. The highest BCUT2D eigenvalue weighted by Crippen LogP contribution is 2.18. The van der Waals surface area contributed by atoms with E-state index < -0.39 is 0 Å². The maximum Gasteiger partial charge on any atom is 0.273 e. The summed E-state index contributed by atoms with van der Waals surface area (Å²) in [7, 11) is 0. The summed E-state index contributed by atoms with van der Waals surface area (Å²) in [6.07, 6.45) is 4.83. The van der Waals surface area contributed by atoms with Crippen LogP contribution >= 0.6 is 0 Å². The third-order valence-corrected chi connectivity index (χ3v) is 4.34. The number of carbonyl (C=O) groups is 2. The topological polar surface area (TPSA) is 88.3 Å². The second-order valence-corrected chi connectivity index (χ2v) is 6.93. The molecule has 0 aliphatic rings. The van der Waals surface area contributed by atoms with Crippen molar-refractivity contribution in [1.82, 2.24) is 20.4 Å². The van der Waals surface area contributed by atoms with Gasteiger partial charge in [-0.2, -0.15) is 0 Å². The number of hydrogen-bond donors (Lipinski definition) is 1. The summed E-state index contributed by atoms with van der Waals surface area (Å²) >= 11 is 0. The van der Waals surface area contributed by atoms with Crippen LogP contribution in [0.3, 0.4) is 0 Å². The number of nitrogens with one attached hydrogen (secondary N) is 1. The van der Waals surface area contributed by atoms with Crippen LogP contribution < -0.4 is 5.32 Å². The average molecular weight is 372 g/mol. The van der Waals surface area contributed by atoms with Crippen molar-refractivity contribution in [1.29, 1.82) is 0 Å². The molecule has 0 radical (unpaired) electrons. The van der Waals surface area contributed by atoms with Gasteiger partial charge in [-0.3, -0.25) is 14.6 Å². The monoisotopic (exact) mass is 372 g/mol. The highest BCUT2D eigenvalue weighted by Gasteiger charge is 2.25. The highest BCUT2D eigenvalue weighted by atomic mass is 16.5. The van der Waals surface area contributed by atoms with Crippen LogP contribution in [0.4, 0.5) is 0 Å². The van der Waals surface area contributed by atoms with Gasteiger partial charge in [-0.15, -0.1) is 0 Å². The first-order valence-electron chi connectivity index (χ1n) is 9.41. The highest BCUT2D eigenvalue weighted by molar-refractivity contribution is 5.94. The molecule has 1 N–H and O–H groups in total. The molecule has 0 aromatic carbocycles. The molecule has 7 nitrogen and oxygen atoms in total. The standard InChI is InChI=1S/C20H28N4O3/c1-5-16(6-2)24(20(26)15-8-7-9-21-12-15)13-17-10-18(23-27-17)19(25)22-11-14(3)4/h7-10,12,14,16H,5-6,11,13H2,1-4H3,(H,22,25). The Hall–Kier alpha value is -2.70. The molecule has 0 saturated heterocycles. The summed E-state index contributed by atoms with van der Waals surface area (Å²) in [6.45, 7) is 8.95. The van der Waals surface area contributed by atoms with E-state index in [9.17, 15) is 9.59 Å². The molecule has 0 unspecified atom stereocenters. The molecule has 2 amide bonds. The lowest BCUT2D eigenvalue weighted by atomic mass is 10.1. The first kappa shape index (κ1) is 20.6. The minimum Gasteiger partial charge on any atom is -0.359 e. The molecule has 0 aliphatic heterocycles. The smallest absolute Gasteiger partial charge is 0.273 e. The number of nitrogens with zero attached hydrogens (tertiary/aromatic N) is 3. The van der Waals surface area contributed by atoms with Crippen LogP contribution in [0.1, 0.15) is 67.1 Å². The molecule has 0 bridgehead atoms. The van der Waals surface area contributed by atoms with Crippen LogP contribution in [0.25, 0.3) is 0 Å². The molecule has 2 aromatic heterocycles. The minimum atomic E-state index is -0.272. The molecule has 7 heteroatoms. The zero-order chi connectivity index (χ0) is 19.8. The fourth-order valence-electron chi connectivity index (χ4n) is 2.80. The van der Waals surface area contributed by atoms with Gasteiger partial charge in [-0.05, 0) is 30.9 Å². The number of hydrogen-bond acceptors (Lipinski definition) is 5. The molecule has 0 atom stereocenters. The van der Waals surface area contributed by atoms with Crippen molar-refractivity contribution in [2.45, 2.75) is 53.1 Å². The van der Waals surface area contributed by atoms with Gasteiger partial charge in [0, 0.05) is 31.0 Å². The van der Waals surface area contributed by atoms with Gasteiger partial charge < -0.3 is 14.7 Å². The Morgan fingerprint density at radius 2 is 2.00 bits per heavy atom. The van der Waals surface area contributed by atoms with Crippen LogP contribution in [-0.2, 0) is 6.54 Å². The second kappa shape index (κ2) is 9.85. The second-order valence-electron chi connectivity index (χ2n) is 6.93. The molecule has 2 rings (SSSR count). The van der Waals surface area contributed by atoms with Crippen molar-refractivity contribution in [3.05, 3.63) is 47.6 Å². The number of aromatic nitrogens is 2. The molecule has 2 aromatic rings. The Balaban J connectivity index is 2.16. The third kappa shape index (κ3) is 5.64. The van der Waals surface area contributed by atoms with E-state index in [1.807, 2.05) is 27.7 Å². The minimum absolute atomic E-state index is 0.0565. The summed E-state index contributed by atoms with van der Waals surface area (Å²) < 4.78 is 5.33. The quantitative estimate of drug-likeness (QED) is 0.730. The number of rotatable bonds is 9. The molecule has 2 heterocycles. The van der Waals surface area contributed by atoms with Gasteiger partial charge in [-0.25, -0.2) is 0 Å². The molecular weight excluding hydrogens is 344 g/mol. The summed E-state index contributed by atoms with van der Waals surface area (Å²) in [5, 5.41) is 6.66. The first-order chi connectivity index (χ1) is 13.0. The Kier molecular flexibility index (Phi) is 7.52. The van der Waals surface area contributed by atoms with E-state index in [0.717, 1.165) is 12.8 Å². The van der Waals surface area contributed by atoms with E-state index in [2.05, 4.69) is 15.5 Å². The average Bonchev–Trinajstić information content (AvgIpc) is 3.15. The van der Waals surface area contributed by atoms with E-state index in [-0.39, 0.29) is 30.1 Å². The van der Waals surface area contributed by atoms with E-state index in [0.29, 0.717) is 23.8 Å². The first-order valence-corrected chi connectivity index (χ1v) is 9.41. The Morgan fingerprint density at radius 3 is 2.59 bits per heavy atom. The van der Waals surface area contributed by atoms with Gasteiger partial charge in [0.1, 0.15) is 0 Å². The van der Waals surface area contributed by atoms with Gasteiger partial charge in [0.15, 0.2) is 11.5 Å². The zero-order valence-corrected chi connectivity index (χ0v) is 16.4. The van der Waals surface area contributed by atoms with Crippen LogP contribution in [-0.4, -0.2) is 39.4 Å². The van der Waals surface area contributed by atoms with Crippen molar-refractivity contribution in [2.24, 2.45) is 5.92 Å². The molecular formula is C20H28N4O3. The summed E-state index contributed by atoms with van der Waals surface area (Å²) in [5.74, 6) is 0.446. The summed E-state index contributed by atoms with van der Waals surface area (Å²) in [6, 6.07) is 5.14. The van der Waals surface area contributed by atoms with Gasteiger partial charge >= 0.3 is 0 Å². The Morgan fingerprint density at radius 1 is 1.26 bits per heavy atom. The molecule has 0 spiro atoms. The predicted molar refractivity (Wildman–Crippen MR) is 102 cm³/mol. The van der Waals surface area contributed by atoms with Crippen molar-refractivity contribution < 1.29 is 14.1 Å². The van der Waals surface area contributed by atoms with Crippen molar-refractivity contribution >= 4 is 11.8 Å². The van der Waals surface area contributed by atoms with E-state index in [1.165, 1.54) is 0 Å². The van der Waals surface area contributed by atoms with Gasteiger partial charge in [0.05, 0.1) is 12.1 Å². The normalized spacial score (nSPS) is 11.0. The van der Waals surface area contributed by atoms with E-state index in [1.54, 1.807) is 35.5 Å². The van der Waals surface area contributed by atoms with Gasteiger partial charge in [-0.1, -0.05) is 32.9 Å². The fourth-order valence-corrected chi connectivity index (χ4v) is 2.80. The molecule has 27 heavy (non-hydrogen) atoms. The lowest BCUT2D eigenvalue weighted by molar-refractivity contribution is 0.0627. The molecule has 146 valence electrons. The third-order valence-electron chi connectivity index (χ3n) is 4.34. The fraction of sp³-hybridized carbons (Fsp3) is 0.500. The van der Waals surface area contributed by atoms with Crippen LogP contribution in [0.5, 0.6) is 0 Å². The molecule has 0 fully saturated rings. The van der Waals surface area contributed by atoms with Crippen LogP contribution in [0, 0.1) is 5.92 Å². The van der Waals surface area contributed by atoms with Crippen molar-refractivity contribution in [3.8, 4) is 0 Å². The number of carbonyl (C=O) groups excluding carboxylic acids is 2. The van der Waals surface area contributed by atoms with Gasteiger partial charge in [0.2, 0.25) is 0 Å². The van der Waals surface area contributed by atoms with E-state index >= 15 is 0 Å². The van der Waals surface area contributed by atoms with Gasteiger partial charge in [0.25, 0.3) is 11.8 Å². The largest absolute Gasteiger partial charge is 0.359 e. The number of amides is 2. The Labute approximate surface area is 160 Å². The summed E-state index contributed by atoms with van der Waals surface area (Å²) in [4.78, 5) is 30.9. The molecule has 0 aliphatic carbocycles. The maximum absolute atomic E-state index is 13.0. The maximum atomic E-state index is 13.0. The van der Waals surface area contributed by atoms with Crippen LogP contribution in [0.15, 0.2) is 35.1 Å². The SMILES string of the molecule is CCC(CC)N(Cc1cc(C(=O)NCC(C)C)no1)C(=O)c1cccnc1. The zero-order valence-electron chi connectivity index (χ0n) is 16.4.